The summed E-state index contributed by atoms with van der Waals surface area (Å²) in [4.78, 5) is 16.7. The Morgan fingerprint density at radius 3 is 1.92 bits per heavy atom. The van der Waals surface area contributed by atoms with Crippen LogP contribution in [0.2, 0.25) is 0 Å². The van der Waals surface area contributed by atoms with Gasteiger partial charge in [-0.2, -0.15) is 0 Å². The van der Waals surface area contributed by atoms with E-state index in [1.54, 1.807) is 0 Å². The smallest absolute Gasteiger partial charge is 0.266 e. The molecular formula is C44H65N4O2+. The fourth-order valence-corrected chi connectivity index (χ4v) is 7.22. The Morgan fingerprint density at radius 2 is 1.30 bits per heavy atom. The molecule has 2 aliphatic rings. The summed E-state index contributed by atoms with van der Waals surface area (Å²) < 4.78 is 9.07. The van der Waals surface area contributed by atoms with Gasteiger partial charge in [0.1, 0.15) is 24.4 Å². The van der Waals surface area contributed by atoms with Gasteiger partial charge >= 0.3 is 0 Å². The summed E-state index contributed by atoms with van der Waals surface area (Å²) in [6, 6.07) is 21.2. The molecule has 272 valence electrons. The number of hydrogen-bond acceptors (Lipinski definition) is 4. The number of amides is 1. The Hall–Kier alpha value is -3.64. The molecule has 0 unspecified atom stereocenters. The lowest BCUT2D eigenvalue weighted by atomic mass is 9.90. The maximum Gasteiger partial charge on any atom is 0.266 e. The van der Waals surface area contributed by atoms with Crippen molar-refractivity contribution in [3.05, 3.63) is 71.6 Å². The number of hydrogen-bond donors (Lipinski definition) is 1. The number of carbonyl (C=O) groups excluding carboxylic acids is 1. The quantitative estimate of drug-likeness (QED) is 0.0388. The molecule has 0 radical (unpaired) electrons. The topological polar surface area (TPSA) is 51.7 Å². The SMILES string of the molecule is CCCCCCCCN(CCCCCCCC)NC(=O)c1ccccc1-c1c2ccc(=[N+](CC)CC)cc-2oc2cc(N(CC)CC)ccc12. The van der Waals surface area contributed by atoms with Crippen molar-refractivity contribution in [2.24, 2.45) is 0 Å². The summed E-state index contributed by atoms with van der Waals surface area (Å²) >= 11 is 0. The second-order valence-corrected chi connectivity index (χ2v) is 13.7. The van der Waals surface area contributed by atoms with Crippen LogP contribution in [0, 0.1) is 0 Å². The van der Waals surface area contributed by atoms with Crippen LogP contribution in [0.1, 0.15) is 129 Å². The first-order valence-corrected chi connectivity index (χ1v) is 20.0. The molecule has 0 bridgehead atoms. The van der Waals surface area contributed by atoms with Crippen molar-refractivity contribution in [2.45, 2.75) is 119 Å². The molecule has 6 nitrogen and oxygen atoms in total. The van der Waals surface area contributed by atoms with Gasteiger partial charge in [0, 0.05) is 66.1 Å². The van der Waals surface area contributed by atoms with E-state index in [9.17, 15) is 4.79 Å². The Bertz CT molecular complexity index is 1630. The summed E-state index contributed by atoms with van der Waals surface area (Å²) in [5, 5.41) is 4.35. The van der Waals surface area contributed by atoms with E-state index >= 15 is 0 Å². The molecule has 1 aliphatic carbocycles. The van der Waals surface area contributed by atoms with E-state index in [1.807, 2.05) is 18.2 Å². The van der Waals surface area contributed by atoms with Gasteiger partial charge < -0.3 is 9.32 Å². The molecule has 0 fully saturated rings. The monoisotopic (exact) mass is 682 g/mol. The van der Waals surface area contributed by atoms with Gasteiger partial charge in [-0.25, -0.2) is 9.58 Å². The van der Waals surface area contributed by atoms with Gasteiger partial charge in [0.25, 0.3) is 5.91 Å². The minimum atomic E-state index is -0.0424. The van der Waals surface area contributed by atoms with Gasteiger partial charge in [-0.15, -0.1) is 0 Å². The molecule has 50 heavy (non-hydrogen) atoms. The zero-order valence-corrected chi connectivity index (χ0v) is 32.2. The highest BCUT2D eigenvalue weighted by atomic mass is 16.3. The van der Waals surface area contributed by atoms with E-state index in [1.165, 1.54) is 64.2 Å². The number of nitrogens with zero attached hydrogens (tertiary/aromatic N) is 3. The van der Waals surface area contributed by atoms with Gasteiger partial charge in [-0.3, -0.25) is 10.2 Å². The van der Waals surface area contributed by atoms with Crippen LogP contribution in [0.15, 0.2) is 65.1 Å². The average Bonchev–Trinajstić information content (AvgIpc) is 3.14. The number of nitrogens with one attached hydrogen (secondary N) is 1. The third-order valence-electron chi connectivity index (χ3n) is 10.2. The number of rotatable bonds is 22. The van der Waals surface area contributed by atoms with Crippen molar-refractivity contribution in [2.75, 3.05) is 44.2 Å². The van der Waals surface area contributed by atoms with Crippen LogP contribution in [-0.4, -0.2) is 50.2 Å². The molecule has 0 spiro atoms. The highest BCUT2D eigenvalue weighted by molar-refractivity contribution is 6.09. The van der Waals surface area contributed by atoms with Gasteiger partial charge in [0.05, 0.1) is 6.07 Å². The van der Waals surface area contributed by atoms with Crippen molar-refractivity contribution < 1.29 is 9.21 Å². The first kappa shape index (κ1) is 39.2. The van der Waals surface area contributed by atoms with Gasteiger partial charge in [0.2, 0.25) is 5.36 Å². The van der Waals surface area contributed by atoms with Crippen LogP contribution in [0.4, 0.5) is 5.69 Å². The molecule has 2 aromatic carbocycles. The van der Waals surface area contributed by atoms with Crippen molar-refractivity contribution in [3.63, 3.8) is 0 Å². The normalized spacial score (nSPS) is 11.5. The summed E-state index contributed by atoms with van der Waals surface area (Å²) in [5.41, 5.74) is 9.03. The van der Waals surface area contributed by atoms with Crippen molar-refractivity contribution >= 4 is 22.6 Å². The van der Waals surface area contributed by atoms with E-state index in [-0.39, 0.29) is 5.91 Å². The molecule has 0 aromatic heterocycles. The third kappa shape index (κ3) is 10.4. The molecular weight excluding hydrogens is 617 g/mol. The number of hydrazine groups is 1. The van der Waals surface area contributed by atoms with Gasteiger partial charge in [-0.05, 0) is 70.4 Å². The maximum absolute atomic E-state index is 14.3. The second-order valence-electron chi connectivity index (χ2n) is 13.7. The number of fused-ring (bicyclic) bond motifs is 2. The first-order valence-electron chi connectivity index (χ1n) is 20.0. The number of carbonyl (C=O) groups is 1. The number of unbranched alkanes of at least 4 members (excludes halogenated alkanes) is 10. The maximum atomic E-state index is 14.3. The molecule has 1 aliphatic heterocycles. The Kier molecular flexibility index (Phi) is 16.4. The van der Waals surface area contributed by atoms with Crippen LogP contribution in [0.25, 0.3) is 33.4 Å². The second kappa shape index (κ2) is 20.9. The van der Waals surface area contributed by atoms with Crippen LogP contribution < -0.4 is 20.3 Å². The molecule has 4 rings (SSSR count). The predicted molar refractivity (Wildman–Crippen MR) is 214 cm³/mol. The minimum absolute atomic E-state index is 0.0424. The van der Waals surface area contributed by atoms with E-state index in [4.69, 9.17) is 4.42 Å². The molecule has 1 N–H and O–H groups in total. The summed E-state index contributed by atoms with van der Waals surface area (Å²) in [6.45, 7) is 18.7. The fourth-order valence-electron chi connectivity index (χ4n) is 7.22. The Labute approximate surface area is 302 Å². The third-order valence-corrected chi connectivity index (χ3v) is 10.2. The van der Waals surface area contributed by atoms with Crippen LogP contribution >= 0.6 is 0 Å². The number of anilines is 1. The Morgan fingerprint density at radius 1 is 0.680 bits per heavy atom. The molecule has 6 heteroatoms. The van der Waals surface area contributed by atoms with Crippen LogP contribution in [0.3, 0.4) is 0 Å². The molecule has 0 saturated heterocycles. The van der Waals surface area contributed by atoms with Crippen LogP contribution in [-0.2, 0) is 0 Å². The fraction of sp³-hybridized carbons (Fsp3) is 0.545. The molecule has 0 saturated carbocycles. The van der Waals surface area contributed by atoms with E-state index in [0.29, 0.717) is 5.56 Å². The van der Waals surface area contributed by atoms with Crippen molar-refractivity contribution in [1.29, 1.82) is 0 Å². The Balaban J connectivity index is 1.74. The van der Waals surface area contributed by atoms with Crippen molar-refractivity contribution in [1.82, 2.24) is 15.0 Å². The van der Waals surface area contributed by atoms with Gasteiger partial charge in [-0.1, -0.05) is 96.3 Å². The zero-order chi connectivity index (χ0) is 35.7. The minimum Gasteiger partial charge on any atom is -0.456 e. The predicted octanol–water partition coefficient (Wildman–Crippen LogP) is 10.5. The lowest BCUT2D eigenvalue weighted by molar-refractivity contribution is 0.0781. The van der Waals surface area contributed by atoms with Crippen molar-refractivity contribution in [3.8, 4) is 22.5 Å². The molecule has 1 heterocycles. The summed E-state index contributed by atoms with van der Waals surface area (Å²) in [7, 11) is 0. The molecule has 2 aromatic rings. The summed E-state index contributed by atoms with van der Waals surface area (Å²) in [5.74, 6) is 0.788. The lowest BCUT2D eigenvalue weighted by Gasteiger charge is -2.25. The lowest BCUT2D eigenvalue weighted by Crippen LogP contribution is -2.43. The first-order chi connectivity index (χ1) is 24.5. The van der Waals surface area contributed by atoms with E-state index in [0.717, 1.165) is 96.6 Å². The van der Waals surface area contributed by atoms with E-state index < -0.39 is 0 Å². The largest absolute Gasteiger partial charge is 0.456 e. The average molecular weight is 682 g/mol. The molecule has 0 atom stereocenters. The zero-order valence-electron chi connectivity index (χ0n) is 32.2. The van der Waals surface area contributed by atoms with Gasteiger partial charge in [0.15, 0.2) is 0 Å². The van der Waals surface area contributed by atoms with Crippen LogP contribution in [0.5, 0.6) is 0 Å². The summed E-state index contributed by atoms with van der Waals surface area (Å²) in [6.07, 6.45) is 14.9. The standard InChI is InChI=1S/C44H64N4O2/c1-7-13-15-17-19-23-31-48(32-24-20-18-16-14-8-2)45-44(49)38-26-22-21-25-37(38)43-39-29-27-35(46(9-3)10-4)33-41(39)50-42-34-36(28-30-40(42)43)47(11-5)12-6/h21-22,25-30,33-34H,7-20,23-24,31-32H2,1-6H3/p+1. The van der Waals surface area contributed by atoms with E-state index in [2.05, 4.69) is 104 Å². The molecule has 1 amide bonds. The highest BCUT2D eigenvalue weighted by Gasteiger charge is 2.23. The highest BCUT2D eigenvalue weighted by Crippen LogP contribution is 2.42. The number of benzene rings is 3.